The molecule has 0 heterocycles. The van der Waals surface area contributed by atoms with E-state index >= 15 is 0 Å². The molecular weight excluding hydrogens is 272 g/mol. The maximum atomic E-state index is 11.5. The van der Waals surface area contributed by atoms with E-state index in [1.807, 2.05) is 6.92 Å². The van der Waals surface area contributed by atoms with Gasteiger partial charge in [0.1, 0.15) is 10.6 Å². The van der Waals surface area contributed by atoms with E-state index in [1.54, 1.807) is 0 Å². The van der Waals surface area contributed by atoms with Gasteiger partial charge in [-0.05, 0) is 19.1 Å². The zero-order valence-corrected chi connectivity index (χ0v) is 11.6. The highest BCUT2D eigenvalue weighted by Crippen LogP contribution is 2.31. The molecule has 0 aromatic heterocycles. The number of anilines is 1. The highest BCUT2D eigenvalue weighted by atomic mass is 32.2. The average Bonchev–Trinajstić information content (AvgIpc) is 2.33. The fourth-order valence-corrected chi connectivity index (χ4v) is 2.42. The molecule has 0 aliphatic carbocycles. The van der Waals surface area contributed by atoms with E-state index in [9.17, 15) is 18.5 Å². The van der Waals surface area contributed by atoms with Gasteiger partial charge < -0.3 is 10.1 Å². The fourth-order valence-electron chi connectivity index (χ4n) is 1.55. The molecule has 106 valence electrons. The summed E-state index contributed by atoms with van der Waals surface area (Å²) >= 11 is 0. The highest BCUT2D eigenvalue weighted by molar-refractivity contribution is 7.90. The second-order valence-electron chi connectivity index (χ2n) is 3.81. The fraction of sp³-hybridized carbons (Fsp3) is 0.455. The first-order valence-electron chi connectivity index (χ1n) is 5.67. The molecule has 8 heteroatoms. The lowest BCUT2D eigenvalue weighted by Crippen LogP contribution is -2.12. The maximum absolute atomic E-state index is 11.5. The summed E-state index contributed by atoms with van der Waals surface area (Å²) in [6, 6.07) is 4.16. The molecule has 0 saturated heterocycles. The molecule has 1 N–H and O–H groups in total. The predicted molar refractivity (Wildman–Crippen MR) is 71.2 cm³/mol. The number of hydrogen-bond acceptors (Lipinski definition) is 6. The van der Waals surface area contributed by atoms with Crippen LogP contribution >= 0.6 is 0 Å². The van der Waals surface area contributed by atoms with Gasteiger partial charge in [0.05, 0.1) is 11.5 Å². The van der Waals surface area contributed by atoms with Crippen LogP contribution in [0.5, 0.6) is 0 Å². The number of sulfone groups is 1. The monoisotopic (exact) mass is 288 g/mol. The van der Waals surface area contributed by atoms with Crippen molar-refractivity contribution < 1.29 is 18.1 Å². The Morgan fingerprint density at radius 3 is 2.63 bits per heavy atom. The first kappa shape index (κ1) is 15.4. The van der Waals surface area contributed by atoms with Gasteiger partial charge in [0.2, 0.25) is 0 Å². The number of ether oxygens (including phenoxy) is 1. The molecule has 0 fully saturated rings. The van der Waals surface area contributed by atoms with Gasteiger partial charge in [-0.15, -0.1) is 0 Å². The Labute approximate surface area is 111 Å². The van der Waals surface area contributed by atoms with Crippen LogP contribution in [-0.2, 0) is 14.6 Å². The summed E-state index contributed by atoms with van der Waals surface area (Å²) in [6.07, 6.45) is 0.944. The van der Waals surface area contributed by atoms with E-state index in [-0.39, 0.29) is 10.6 Å². The molecule has 0 unspecified atom stereocenters. The second kappa shape index (κ2) is 6.48. The normalized spacial score (nSPS) is 11.3. The van der Waals surface area contributed by atoms with Crippen molar-refractivity contribution in [2.75, 3.05) is 31.3 Å². The van der Waals surface area contributed by atoms with Gasteiger partial charge in [0.15, 0.2) is 9.84 Å². The number of nitrogens with zero attached hydrogens (tertiary/aromatic N) is 1. The molecule has 0 atom stereocenters. The van der Waals surface area contributed by atoms with Crippen LogP contribution in [0.3, 0.4) is 0 Å². The van der Waals surface area contributed by atoms with Gasteiger partial charge in [0, 0.05) is 19.4 Å². The lowest BCUT2D eigenvalue weighted by molar-refractivity contribution is -0.386. The highest BCUT2D eigenvalue weighted by Gasteiger charge is 2.25. The van der Waals surface area contributed by atoms with E-state index in [2.05, 4.69) is 5.32 Å². The van der Waals surface area contributed by atoms with Gasteiger partial charge in [-0.25, -0.2) is 8.42 Å². The van der Waals surface area contributed by atoms with Crippen molar-refractivity contribution >= 4 is 21.2 Å². The molecule has 0 aliphatic rings. The zero-order chi connectivity index (χ0) is 14.5. The molecule has 0 saturated carbocycles. The molecule has 19 heavy (non-hydrogen) atoms. The van der Waals surface area contributed by atoms with Gasteiger partial charge in [-0.2, -0.15) is 0 Å². The molecule has 0 aliphatic heterocycles. The van der Waals surface area contributed by atoms with Crippen LogP contribution in [-0.4, -0.2) is 39.4 Å². The third-order valence-electron chi connectivity index (χ3n) is 2.35. The molecule has 7 nitrogen and oxygen atoms in total. The van der Waals surface area contributed by atoms with Crippen molar-refractivity contribution in [3.8, 4) is 0 Å². The van der Waals surface area contributed by atoms with Crippen molar-refractivity contribution in [2.24, 2.45) is 0 Å². The number of hydrogen-bond donors (Lipinski definition) is 1. The first-order valence-corrected chi connectivity index (χ1v) is 7.56. The SMILES string of the molecule is CCOCCNc1cccc(S(C)(=O)=O)c1[N+](=O)[O-]. The van der Waals surface area contributed by atoms with Gasteiger partial charge >= 0.3 is 5.69 Å². The van der Waals surface area contributed by atoms with Crippen LogP contribution in [0.15, 0.2) is 23.1 Å². The minimum atomic E-state index is -3.65. The summed E-state index contributed by atoms with van der Waals surface area (Å²) in [5, 5.41) is 13.9. The van der Waals surface area contributed by atoms with Gasteiger partial charge in [-0.3, -0.25) is 10.1 Å². The number of benzene rings is 1. The molecule has 0 bridgehead atoms. The summed E-state index contributed by atoms with van der Waals surface area (Å²) in [5.41, 5.74) is -0.255. The molecule has 0 radical (unpaired) electrons. The molecule has 1 rings (SSSR count). The Morgan fingerprint density at radius 1 is 1.42 bits per heavy atom. The Kier molecular flexibility index (Phi) is 5.25. The lowest BCUT2D eigenvalue weighted by atomic mass is 10.2. The van der Waals surface area contributed by atoms with E-state index in [4.69, 9.17) is 4.74 Å². The topological polar surface area (TPSA) is 98.5 Å². The standard InChI is InChI=1S/C11H16N2O5S/c1-3-18-8-7-12-9-5-4-6-10(19(2,16)17)11(9)13(14)15/h4-6,12H,3,7-8H2,1-2H3. The van der Waals surface area contributed by atoms with E-state index < -0.39 is 20.4 Å². The number of nitro benzene ring substituents is 1. The minimum Gasteiger partial charge on any atom is -0.380 e. The molecule has 1 aromatic carbocycles. The molecular formula is C11H16N2O5S. The maximum Gasteiger partial charge on any atom is 0.310 e. The summed E-state index contributed by atoms with van der Waals surface area (Å²) in [5.74, 6) is 0. The van der Waals surface area contributed by atoms with Crippen molar-refractivity contribution in [1.82, 2.24) is 0 Å². The Morgan fingerprint density at radius 2 is 2.11 bits per heavy atom. The van der Waals surface area contributed by atoms with Crippen molar-refractivity contribution in [3.05, 3.63) is 28.3 Å². The Bertz CT molecular complexity index is 556. The van der Waals surface area contributed by atoms with Crippen LogP contribution < -0.4 is 5.32 Å². The van der Waals surface area contributed by atoms with E-state index in [1.165, 1.54) is 18.2 Å². The number of para-hydroxylation sites is 1. The predicted octanol–water partition coefficient (Wildman–Crippen LogP) is 1.45. The minimum absolute atomic E-state index is 0.174. The number of rotatable bonds is 7. The van der Waals surface area contributed by atoms with Crippen LogP contribution in [0.4, 0.5) is 11.4 Å². The molecule has 0 amide bonds. The summed E-state index contributed by atoms with van der Waals surface area (Å²) in [7, 11) is -3.65. The van der Waals surface area contributed by atoms with Crippen LogP contribution in [0.2, 0.25) is 0 Å². The third kappa shape index (κ3) is 4.18. The van der Waals surface area contributed by atoms with Crippen LogP contribution in [0.1, 0.15) is 6.92 Å². The zero-order valence-electron chi connectivity index (χ0n) is 10.8. The lowest BCUT2D eigenvalue weighted by Gasteiger charge is -2.09. The summed E-state index contributed by atoms with van der Waals surface area (Å²) in [4.78, 5) is 10.1. The van der Waals surface area contributed by atoms with Crippen LogP contribution in [0, 0.1) is 10.1 Å². The average molecular weight is 288 g/mol. The summed E-state index contributed by atoms with van der Waals surface area (Å²) < 4.78 is 28.2. The van der Waals surface area contributed by atoms with Crippen molar-refractivity contribution in [2.45, 2.75) is 11.8 Å². The van der Waals surface area contributed by atoms with Crippen LogP contribution in [0.25, 0.3) is 0 Å². The third-order valence-corrected chi connectivity index (χ3v) is 3.48. The van der Waals surface area contributed by atoms with Crippen molar-refractivity contribution in [3.63, 3.8) is 0 Å². The Hall–Kier alpha value is -1.67. The van der Waals surface area contributed by atoms with Gasteiger partial charge in [0.25, 0.3) is 0 Å². The second-order valence-corrected chi connectivity index (χ2v) is 5.79. The molecule has 1 aromatic rings. The van der Waals surface area contributed by atoms with Gasteiger partial charge in [-0.1, -0.05) is 6.07 Å². The molecule has 0 spiro atoms. The first-order chi connectivity index (χ1) is 8.88. The largest absolute Gasteiger partial charge is 0.380 e. The Balaban J connectivity index is 3.08. The van der Waals surface area contributed by atoms with Crippen molar-refractivity contribution in [1.29, 1.82) is 0 Å². The number of nitro groups is 1. The quantitative estimate of drug-likeness (QED) is 0.463. The van der Waals surface area contributed by atoms with E-state index in [0.717, 1.165) is 6.26 Å². The smallest absolute Gasteiger partial charge is 0.310 e. The summed E-state index contributed by atoms with van der Waals surface area (Å²) in [6.45, 7) is 3.14. The van der Waals surface area contributed by atoms with E-state index in [0.29, 0.717) is 19.8 Å². The number of nitrogens with one attached hydrogen (secondary N) is 1.